The fourth-order valence-electron chi connectivity index (χ4n) is 3.33. The van der Waals surface area contributed by atoms with Crippen molar-refractivity contribution in [3.63, 3.8) is 0 Å². The van der Waals surface area contributed by atoms with Gasteiger partial charge in [0, 0.05) is 22.4 Å². The molecule has 0 unspecified atom stereocenters. The Morgan fingerprint density at radius 3 is 2.23 bits per heavy atom. The average Bonchev–Trinajstić information content (AvgIpc) is 2.58. The highest BCUT2D eigenvalue weighted by atomic mass is 16.5. The van der Waals surface area contributed by atoms with E-state index in [-0.39, 0.29) is 6.61 Å². The van der Waals surface area contributed by atoms with E-state index in [1.54, 1.807) is 6.92 Å². The van der Waals surface area contributed by atoms with Crippen molar-refractivity contribution < 1.29 is 14.3 Å². The second kappa shape index (κ2) is 9.28. The van der Waals surface area contributed by atoms with Crippen molar-refractivity contribution in [2.24, 2.45) is 11.7 Å². The average molecular weight is 412 g/mol. The van der Waals surface area contributed by atoms with Crippen LogP contribution in [0.15, 0.2) is 24.3 Å². The van der Waals surface area contributed by atoms with Crippen molar-refractivity contribution in [2.75, 3.05) is 0 Å². The van der Waals surface area contributed by atoms with E-state index in [0.29, 0.717) is 29.2 Å². The molecule has 1 aromatic heterocycles. The summed E-state index contributed by atoms with van der Waals surface area (Å²) in [6, 6.07) is 7.87. The van der Waals surface area contributed by atoms with Gasteiger partial charge < -0.3 is 15.8 Å². The zero-order valence-corrected chi connectivity index (χ0v) is 19.1. The third-order valence-electron chi connectivity index (χ3n) is 4.58. The third-order valence-corrected chi connectivity index (χ3v) is 4.58. The van der Waals surface area contributed by atoms with Gasteiger partial charge in [-0.05, 0) is 52.5 Å². The SMILES string of the molecule is Cc1ccc(-c2c(COC(=O)NC(C)(C)C)c(CC(C)C)nc(C)c2C(N)=O)cc1. The van der Waals surface area contributed by atoms with Gasteiger partial charge in [0.15, 0.2) is 0 Å². The molecule has 3 N–H and O–H groups in total. The number of nitrogens with two attached hydrogens (primary N) is 1. The molecule has 0 bridgehead atoms. The molecular formula is C24H33N3O3. The molecule has 6 heteroatoms. The maximum atomic E-state index is 12.4. The van der Waals surface area contributed by atoms with E-state index in [1.165, 1.54) is 0 Å². The molecule has 2 amide bonds. The number of amides is 2. The Morgan fingerprint density at radius 1 is 1.13 bits per heavy atom. The minimum atomic E-state index is -0.549. The van der Waals surface area contributed by atoms with Crippen molar-refractivity contribution in [1.82, 2.24) is 10.3 Å². The predicted octanol–water partition coefficient (Wildman–Crippen LogP) is 4.69. The quantitative estimate of drug-likeness (QED) is 0.721. The molecule has 0 aliphatic heterocycles. The van der Waals surface area contributed by atoms with Crippen molar-refractivity contribution in [2.45, 2.75) is 67.0 Å². The van der Waals surface area contributed by atoms with Gasteiger partial charge in [-0.2, -0.15) is 0 Å². The van der Waals surface area contributed by atoms with Crippen LogP contribution in [0, 0.1) is 19.8 Å². The molecule has 0 aliphatic rings. The molecule has 0 aliphatic carbocycles. The van der Waals surface area contributed by atoms with Gasteiger partial charge in [0.05, 0.1) is 11.3 Å². The van der Waals surface area contributed by atoms with E-state index in [4.69, 9.17) is 10.5 Å². The number of pyridine rings is 1. The van der Waals surface area contributed by atoms with Crippen LogP contribution in [-0.2, 0) is 17.8 Å². The lowest BCUT2D eigenvalue weighted by atomic mass is 9.90. The number of hydrogen-bond acceptors (Lipinski definition) is 4. The number of ether oxygens (including phenoxy) is 1. The number of primary amides is 1. The molecule has 0 atom stereocenters. The summed E-state index contributed by atoms with van der Waals surface area (Å²) < 4.78 is 5.54. The number of carbonyl (C=O) groups excluding carboxylic acids is 2. The maximum Gasteiger partial charge on any atom is 0.407 e. The van der Waals surface area contributed by atoms with Crippen LogP contribution < -0.4 is 11.1 Å². The Labute approximate surface area is 179 Å². The van der Waals surface area contributed by atoms with Crippen LogP contribution in [0.3, 0.4) is 0 Å². The van der Waals surface area contributed by atoms with E-state index in [0.717, 1.165) is 22.4 Å². The van der Waals surface area contributed by atoms with Gasteiger partial charge in [-0.3, -0.25) is 9.78 Å². The van der Waals surface area contributed by atoms with Crippen LogP contribution >= 0.6 is 0 Å². The first-order valence-corrected chi connectivity index (χ1v) is 10.2. The summed E-state index contributed by atoms with van der Waals surface area (Å²) in [5.74, 6) is -0.212. The fraction of sp³-hybridized carbons (Fsp3) is 0.458. The number of rotatable bonds is 6. The van der Waals surface area contributed by atoms with Crippen LogP contribution in [0.5, 0.6) is 0 Å². The molecule has 1 heterocycles. The summed E-state index contributed by atoms with van der Waals surface area (Å²) in [6.45, 7) is 13.6. The molecule has 6 nitrogen and oxygen atoms in total. The van der Waals surface area contributed by atoms with Gasteiger partial charge in [0.2, 0.25) is 0 Å². The highest BCUT2D eigenvalue weighted by molar-refractivity contribution is 6.01. The lowest BCUT2D eigenvalue weighted by Gasteiger charge is -2.22. The first-order chi connectivity index (χ1) is 13.9. The summed E-state index contributed by atoms with van der Waals surface area (Å²) >= 11 is 0. The van der Waals surface area contributed by atoms with Crippen LogP contribution in [-0.4, -0.2) is 22.5 Å². The van der Waals surface area contributed by atoms with Gasteiger partial charge in [-0.15, -0.1) is 0 Å². The first kappa shape index (κ1) is 23.4. The molecule has 0 saturated heterocycles. The van der Waals surface area contributed by atoms with E-state index in [1.807, 2.05) is 52.0 Å². The number of nitrogens with zero attached hydrogens (tertiary/aromatic N) is 1. The summed E-state index contributed by atoms with van der Waals surface area (Å²) in [5, 5.41) is 2.79. The Hall–Kier alpha value is -2.89. The number of aromatic nitrogens is 1. The van der Waals surface area contributed by atoms with Crippen molar-refractivity contribution >= 4 is 12.0 Å². The number of alkyl carbamates (subject to hydrolysis) is 1. The van der Waals surface area contributed by atoms with E-state index in [9.17, 15) is 9.59 Å². The smallest absolute Gasteiger partial charge is 0.407 e. The molecule has 2 aromatic rings. The second-order valence-corrected chi connectivity index (χ2v) is 9.15. The zero-order valence-electron chi connectivity index (χ0n) is 19.1. The molecule has 162 valence electrons. The highest BCUT2D eigenvalue weighted by Crippen LogP contribution is 2.33. The Kier molecular flexibility index (Phi) is 7.24. The predicted molar refractivity (Wildman–Crippen MR) is 119 cm³/mol. The molecule has 2 rings (SSSR count). The third kappa shape index (κ3) is 6.05. The van der Waals surface area contributed by atoms with Gasteiger partial charge in [-0.25, -0.2) is 4.79 Å². The normalized spacial score (nSPS) is 11.5. The van der Waals surface area contributed by atoms with Gasteiger partial charge in [0.25, 0.3) is 5.91 Å². The summed E-state index contributed by atoms with van der Waals surface area (Å²) in [6.07, 6.45) is 0.173. The number of nitrogens with one attached hydrogen (secondary N) is 1. The minimum absolute atomic E-state index is 0.000731. The second-order valence-electron chi connectivity index (χ2n) is 9.15. The first-order valence-electron chi connectivity index (χ1n) is 10.2. The monoisotopic (exact) mass is 411 g/mol. The minimum Gasteiger partial charge on any atom is -0.445 e. The number of aryl methyl sites for hydroxylation is 2. The van der Waals surface area contributed by atoms with Crippen LogP contribution in [0.2, 0.25) is 0 Å². The van der Waals surface area contributed by atoms with E-state index < -0.39 is 17.5 Å². The van der Waals surface area contributed by atoms with Crippen LogP contribution in [0.4, 0.5) is 4.79 Å². The largest absolute Gasteiger partial charge is 0.445 e. The molecule has 30 heavy (non-hydrogen) atoms. The molecule has 0 saturated carbocycles. The van der Waals surface area contributed by atoms with Gasteiger partial charge in [-0.1, -0.05) is 43.7 Å². The number of carbonyl (C=O) groups is 2. The molecule has 1 aromatic carbocycles. The summed E-state index contributed by atoms with van der Waals surface area (Å²) in [4.78, 5) is 29.3. The molecule has 0 radical (unpaired) electrons. The van der Waals surface area contributed by atoms with E-state index in [2.05, 4.69) is 24.1 Å². The fourth-order valence-corrected chi connectivity index (χ4v) is 3.33. The van der Waals surface area contributed by atoms with Crippen molar-refractivity contribution in [3.05, 3.63) is 52.3 Å². The van der Waals surface area contributed by atoms with Crippen LogP contribution in [0.25, 0.3) is 11.1 Å². The molecular weight excluding hydrogens is 378 g/mol. The van der Waals surface area contributed by atoms with E-state index >= 15 is 0 Å². The van der Waals surface area contributed by atoms with Crippen molar-refractivity contribution in [1.29, 1.82) is 0 Å². The number of hydrogen-bond donors (Lipinski definition) is 2. The standard InChI is InChI=1S/C24H33N3O3/c1-14(2)12-19-18(13-30-23(29)27-24(5,6)7)21(17-10-8-15(3)9-11-17)20(22(25)28)16(4)26-19/h8-11,14H,12-13H2,1-7H3,(H2,25,28)(H,27,29). The number of benzene rings is 1. The summed E-state index contributed by atoms with van der Waals surface area (Å²) in [7, 11) is 0. The highest BCUT2D eigenvalue weighted by Gasteiger charge is 2.24. The van der Waals surface area contributed by atoms with Crippen LogP contribution in [0.1, 0.15) is 67.5 Å². The van der Waals surface area contributed by atoms with Crippen molar-refractivity contribution in [3.8, 4) is 11.1 Å². The van der Waals surface area contributed by atoms with Gasteiger partial charge in [0.1, 0.15) is 6.61 Å². The Bertz CT molecular complexity index is 926. The molecule has 0 fully saturated rings. The maximum absolute atomic E-state index is 12.4. The van der Waals surface area contributed by atoms with Gasteiger partial charge >= 0.3 is 6.09 Å². The lowest BCUT2D eigenvalue weighted by molar-refractivity contribution is 0.0999. The topological polar surface area (TPSA) is 94.3 Å². The lowest BCUT2D eigenvalue weighted by Crippen LogP contribution is -2.40. The molecule has 0 spiro atoms. The zero-order chi connectivity index (χ0) is 22.6. The Balaban J connectivity index is 2.64. The summed E-state index contributed by atoms with van der Waals surface area (Å²) in [5.41, 5.74) is 10.4. The Morgan fingerprint density at radius 2 is 1.73 bits per heavy atom.